The van der Waals surface area contributed by atoms with Crippen molar-refractivity contribution >= 4 is 52.3 Å². The van der Waals surface area contributed by atoms with Crippen molar-refractivity contribution in [3.63, 3.8) is 0 Å². The summed E-state index contributed by atoms with van der Waals surface area (Å²) < 4.78 is 0. The van der Waals surface area contributed by atoms with Crippen LogP contribution < -0.4 is 5.32 Å². The van der Waals surface area contributed by atoms with Gasteiger partial charge in [0, 0.05) is 38.5 Å². The minimum Gasteiger partial charge on any atom is -0.356 e. The Labute approximate surface area is 169 Å². The zero-order valence-corrected chi connectivity index (χ0v) is 17.7. The summed E-state index contributed by atoms with van der Waals surface area (Å²) in [7, 11) is 3.90. The number of imidazole rings is 1. The zero-order chi connectivity index (χ0) is 16.8. The molecule has 0 spiro atoms. The lowest BCUT2D eigenvalue weighted by molar-refractivity contribution is 0.486. The Hall–Kier alpha value is -1.61. The third-order valence-electron chi connectivity index (χ3n) is 3.93. The Morgan fingerprint density at radius 2 is 2.08 bits per heavy atom. The molecule has 0 amide bonds. The molecule has 25 heavy (non-hydrogen) atoms. The standard InChI is InChI=1S/C18H23N5S.HI/c1-19-18(23(2)12-10-14-6-5-13-24-14)20-11-9-17-21-15-7-3-4-8-16(15)22-17;/h3-8,13H,9-12H2,1-2H3,(H,19,20)(H,21,22);1H. The van der Waals surface area contributed by atoms with Gasteiger partial charge in [-0.05, 0) is 30.0 Å². The van der Waals surface area contributed by atoms with Crippen LogP contribution in [-0.4, -0.2) is 48.0 Å². The maximum atomic E-state index is 4.60. The van der Waals surface area contributed by atoms with Gasteiger partial charge in [-0.2, -0.15) is 0 Å². The van der Waals surface area contributed by atoms with Gasteiger partial charge in [-0.1, -0.05) is 18.2 Å². The second-order valence-electron chi connectivity index (χ2n) is 5.68. The van der Waals surface area contributed by atoms with Crippen LogP contribution >= 0.6 is 35.3 Å². The predicted molar refractivity (Wildman–Crippen MR) is 117 cm³/mol. The van der Waals surface area contributed by atoms with Gasteiger partial charge in [0.05, 0.1) is 11.0 Å². The molecule has 134 valence electrons. The van der Waals surface area contributed by atoms with E-state index >= 15 is 0 Å². The van der Waals surface area contributed by atoms with Gasteiger partial charge < -0.3 is 15.2 Å². The molecule has 0 aliphatic heterocycles. The molecule has 0 unspecified atom stereocenters. The Bertz CT molecular complexity index is 764. The van der Waals surface area contributed by atoms with E-state index in [1.54, 1.807) is 11.3 Å². The molecule has 0 aliphatic rings. The molecule has 0 bridgehead atoms. The van der Waals surface area contributed by atoms with Crippen LogP contribution in [-0.2, 0) is 12.8 Å². The van der Waals surface area contributed by atoms with Crippen molar-refractivity contribution in [2.24, 2.45) is 4.99 Å². The minimum atomic E-state index is 0. The fourth-order valence-corrected chi connectivity index (χ4v) is 3.34. The highest BCUT2D eigenvalue weighted by Gasteiger charge is 2.07. The van der Waals surface area contributed by atoms with Gasteiger partial charge in [0.1, 0.15) is 5.82 Å². The number of likely N-dealkylation sites (N-methyl/N-ethyl adjacent to an activating group) is 1. The first kappa shape index (κ1) is 19.7. The molecule has 3 rings (SSSR count). The molecule has 2 N–H and O–H groups in total. The number of nitrogens with one attached hydrogen (secondary N) is 2. The van der Waals surface area contributed by atoms with E-state index in [0.29, 0.717) is 0 Å². The molecule has 1 aromatic carbocycles. The number of aromatic amines is 1. The lowest BCUT2D eigenvalue weighted by Crippen LogP contribution is -2.40. The number of nitrogens with zero attached hydrogens (tertiary/aromatic N) is 3. The normalized spacial score (nSPS) is 11.4. The maximum absolute atomic E-state index is 4.60. The summed E-state index contributed by atoms with van der Waals surface area (Å²) in [6.45, 7) is 1.75. The summed E-state index contributed by atoms with van der Waals surface area (Å²) in [5.41, 5.74) is 2.11. The number of guanidine groups is 1. The number of H-pyrrole nitrogens is 1. The van der Waals surface area contributed by atoms with E-state index in [2.05, 4.69) is 55.8 Å². The molecule has 0 saturated carbocycles. The fraction of sp³-hybridized carbons (Fsp3) is 0.333. The monoisotopic (exact) mass is 469 g/mol. The highest BCUT2D eigenvalue weighted by atomic mass is 127. The average molecular weight is 469 g/mol. The Morgan fingerprint density at radius 3 is 2.80 bits per heavy atom. The van der Waals surface area contributed by atoms with Crippen LogP contribution in [0.1, 0.15) is 10.7 Å². The lowest BCUT2D eigenvalue weighted by Gasteiger charge is -2.21. The molecule has 0 atom stereocenters. The van der Waals surface area contributed by atoms with Gasteiger partial charge in [-0.25, -0.2) is 4.98 Å². The number of aromatic nitrogens is 2. The van der Waals surface area contributed by atoms with E-state index in [1.165, 1.54) is 4.88 Å². The molecule has 3 aromatic rings. The molecule has 2 heterocycles. The lowest BCUT2D eigenvalue weighted by atomic mass is 10.3. The number of hydrogen-bond acceptors (Lipinski definition) is 3. The number of fused-ring (bicyclic) bond motifs is 1. The number of aliphatic imine (C=N–C) groups is 1. The van der Waals surface area contributed by atoms with Crippen LogP contribution in [0, 0.1) is 0 Å². The molecule has 0 fully saturated rings. The summed E-state index contributed by atoms with van der Waals surface area (Å²) in [4.78, 5) is 15.9. The van der Waals surface area contributed by atoms with Gasteiger partial charge >= 0.3 is 0 Å². The number of thiophene rings is 1. The van der Waals surface area contributed by atoms with Gasteiger partial charge in [0.25, 0.3) is 0 Å². The Kier molecular flexibility index (Phi) is 7.70. The van der Waals surface area contributed by atoms with Crippen LogP contribution in [0.15, 0.2) is 46.8 Å². The molecule has 7 heteroatoms. The van der Waals surface area contributed by atoms with Gasteiger partial charge in [-0.15, -0.1) is 35.3 Å². The second-order valence-corrected chi connectivity index (χ2v) is 6.71. The molecular formula is C18H24IN5S. The van der Waals surface area contributed by atoms with Gasteiger partial charge in [0.2, 0.25) is 0 Å². The van der Waals surface area contributed by atoms with Crippen molar-refractivity contribution in [3.05, 3.63) is 52.5 Å². The summed E-state index contributed by atoms with van der Waals surface area (Å²) in [6.07, 6.45) is 1.88. The van der Waals surface area contributed by atoms with E-state index in [9.17, 15) is 0 Å². The number of para-hydroxylation sites is 2. The summed E-state index contributed by atoms with van der Waals surface area (Å²) in [5.74, 6) is 1.92. The molecule has 5 nitrogen and oxygen atoms in total. The highest BCUT2D eigenvalue weighted by Crippen LogP contribution is 2.11. The third kappa shape index (κ3) is 5.43. The zero-order valence-electron chi connectivity index (χ0n) is 14.5. The van der Waals surface area contributed by atoms with Gasteiger partial charge in [-0.3, -0.25) is 4.99 Å². The van der Waals surface area contributed by atoms with E-state index in [1.807, 2.05) is 25.2 Å². The number of hydrogen-bond donors (Lipinski definition) is 2. The first-order valence-corrected chi connectivity index (χ1v) is 9.02. The van der Waals surface area contributed by atoms with E-state index in [0.717, 1.165) is 48.7 Å². The van der Waals surface area contributed by atoms with Crippen LogP contribution in [0.4, 0.5) is 0 Å². The van der Waals surface area contributed by atoms with Crippen molar-refractivity contribution in [2.45, 2.75) is 12.8 Å². The Morgan fingerprint density at radius 1 is 1.24 bits per heavy atom. The van der Waals surface area contributed by atoms with Crippen LogP contribution in [0.3, 0.4) is 0 Å². The molecule has 0 saturated heterocycles. The van der Waals surface area contributed by atoms with Crippen molar-refractivity contribution in [1.82, 2.24) is 20.2 Å². The topological polar surface area (TPSA) is 56.3 Å². The van der Waals surface area contributed by atoms with Crippen molar-refractivity contribution in [1.29, 1.82) is 0 Å². The predicted octanol–water partition coefficient (Wildman–Crippen LogP) is 3.53. The molecule has 0 radical (unpaired) electrons. The first-order valence-electron chi connectivity index (χ1n) is 8.14. The molecule has 0 aliphatic carbocycles. The van der Waals surface area contributed by atoms with Crippen molar-refractivity contribution in [3.8, 4) is 0 Å². The van der Waals surface area contributed by atoms with E-state index < -0.39 is 0 Å². The largest absolute Gasteiger partial charge is 0.356 e. The van der Waals surface area contributed by atoms with Crippen LogP contribution in [0.5, 0.6) is 0 Å². The van der Waals surface area contributed by atoms with Crippen LogP contribution in [0.2, 0.25) is 0 Å². The summed E-state index contributed by atoms with van der Waals surface area (Å²) in [6, 6.07) is 12.4. The first-order chi connectivity index (χ1) is 11.8. The minimum absolute atomic E-state index is 0. The third-order valence-corrected chi connectivity index (χ3v) is 4.87. The maximum Gasteiger partial charge on any atom is 0.193 e. The number of benzene rings is 1. The molecular weight excluding hydrogens is 445 g/mol. The summed E-state index contributed by atoms with van der Waals surface area (Å²) >= 11 is 1.80. The smallest absolute Gasteiger partial charge is 0.193 e. The SMILES string of the molecule is CN=C(NCCc1nc2ccccc2[nH]1)N(C)CCc1cccs1.I. The fourth-order valence-electron chi connectivity index (χ4n) is 2.64. The Balaban J connectivity index is 0.00000225. The number of halogens is 1. The van der Waals surface area contributed by atoms with Gasteiger partial charge in [0.15, 0.2) is 5.96 Å². The van der Waals surface area contributed by atoms with Crippen molar-refractivity contribution in [2.75, 3.05) is 27.2 Å². The second kappa shape index (κ2) is 9.76. The molecule has 2 aromatic heterocycles. The average Bonchev–Trinajstić information content (AvgIpc) is 3.25. The van der Waals surface area contributed by atoms with Crippen LogP contribution in [0.25, 0.3) is 11.0 Å². The highest BCUT2D eigenvalue weighted by molar-refractivity contribution is 14.0. The quantitative estimate of drug-likeness (QED) is 0.330. The number of rotatable bonds is 6. The van der Waals surface area contributed by atoms with E-state index in [4.69, 9.17) is 0 Å². The van der Waals surface area contributed by atoms with E-state index in [-0.39, 0.29) is 24.0 Å². The summed E-state index contributed by atoms with van der Waals surface area (Å²) in [5, 5.41) is 5.53. The van der Waals surface area contributed by atoms with Crippen molar-refractivity contribution < 1.29 is 0 Å².